The first-order valence-corrected chi connectivity index (χ1v) is 8.83. The zero-order chi connectivity index (χ0) is 18.7. The zero-order valence-corrected chi connectivity index (χ0v) is 14.8. The van der Waals surface area contributed by atoms with E-state index in [1.54, 1.807) is 24.3 Å². The highest BCUT2D eigenvalue weighted by atomic mass is 32.2. The molecule has 0 saturated carbocycles. The minimum absolute atomic E-state index is 0.233. The first kappa shape index (κ1) is 17.8. The van der Waals surface area contributed by atoms with Crippen LogP contribution in [0.25, 0.3) is 0 Å². The highest BCUT2D eigenvalue weighted by Crippen LogP contribution is 2.50. The molecular formula is C19H17N3O3S. The molecule has 3 rings (SSSR count). The number of nitrogens with zero attached hydrogens (tertiary/aromatic N) is 2. The van der Waals surface area contributed by atoms with Crippen LogP contribution in [-0.4, -0.2) is 18.1 Å². The Hall–Kier alpha value is -2.98. The molecule has 26 heavy (non-hydrogen) atoms. The number of hydrogen-bond donors (Lipinski definition) is 1. The van der Waals surface area contributed by atoms with Gasteiger partial charge in [-0.1, -0.05) is 54.2 Å². The lowest BCUT2D eigenvalue weighted by Gasteiger charge is -2.32. The van der Waals surface area contributed by atoms with E-state index in [9.17, 15) is 15.4 Å². The molecule has 1 heterocycles. The average molecular weight is 367 g/mol. The van der Waals surface area contributed by atoms with Gasteiger partial charge in [-0.2, -0.15) is 5.26 Å². The third-order valence-corrected chi connectivity index (χ3v) is 5.71. The summed E-state index contributed by atoms with van der Waals surface area (Å²) in [7, 11) is 1.53. The van der Waals surface area contributed by atoms with Gasteiger partial charge in [-0.25, -0.2) is 0 Å². The molecule has 132 valence electrons. The number of hydrogen-bond acceptors (Lipinski definition) is 6. The van der Waals surface area contributed by atoms with Crippen molar-refractivity contribution in [3.63, 3.8) is 0 Å². The van der Waals surface area contributed by atoms with Crippen LogP contribution in [-0.2, 0) is 0 Å². The summed E-state index contributed by atoms with van der Waals surface area (Å²) in [6.07, 6.45) is 0. The van der Waals surface area contributed by atoms with Crippen LogP contribution in [0.15, 0.2) is 65.2 Å². The van der Waals surface area contributed by atoms with Gasteiger partial charge in [0.2, 0.25) is 6.04 Å². The SMILES string of the molecule is COc1cccc([C@@H]2C(C#N)=C(N)S[C@H](c3ccccc3)[C@H]2[N+](=O)[O-])c1. The van der Waals surface area contributed by atoms with E-state index in [0.29, 0.717) is 16.3 Å². The molecule has 0 fully saturated rings. The number of nitrogens with two attached hydrogens (primary N) is 1. The van der Waals surface area contributed by atoms with Crippen LogP contribution in [0.3, 0.4) is 0 Å². The van der Waals surface area contributed by atoms with E-state index >= 15 is 0 Å². The average Bonchev–Trinajstić information content (AvgIpc) is 2.67. The van der Waals surface area contributed by atoms with Gasteiger partial charge in [0.05, 0.1) is 29.7 Å². The van der Waals surface area contributed by atoms with E-state index in [-0.39, 0.29) is 10.5 Å². The molecule has 3 atom stereocenters. The lowest BCUT2D eigenvalue weighted by Crippen LogP contribution is -2.37. The molecule has 0 saturated heterocycles. The van der Waals surface area contributed by atoms with Crippen LogP contribution in [0.5, 0.6) is 5.75 Å². The second-order valence-electron chi connectivity index (χ2n) is 5.87. The van der Waals surface area contributed by atoms with Crippen LogP contribution in [0.2, 0.25) is 0 Å². The van der Waals surface area contributed by atoms with Crippen molar-refractivity contribution in [1.29, 1.82) is 5.26 Å². The highest BCUT2D eigenvalue weighted by Gasteiger charge is 2.48. The monoisotopic (exact) mass is 367 g/mol. The summed E-state index contributed by atoms with van der Waals surface area (Å²) in [5, 5.41) is 21.5. The normalized spacial score (nSPS) is 22.5. The quantitative estimate of drug-likeness (QED) is 0.654. The second kappa shape index (κ2) is 7.50. The maximum atomic E-state index is 12.0. The summed E-state index contributed by atoms with van der Waals surface area (Å²) in [5.74, 6) is -0.161. The minimum atomic E-state index is -1.02. The maximum Gasteiger partial charge on any atom is 0.240 e. The summed E-state index contributed by atoms with van der Waals surface area (Å²) in [5.41, 5.74) is 7.83. The number of ether oxygens (including phenoxy) is 1. The molecule has 2 aromatic carbocycles. The number of rotatable bonds is 4. The molecule has 0 aliphatic carbocycles. The molecule has 6 nitrogen and oxygen atoms in total. The molecule has 0 radical (unpaired) electrons. The Balaban J connectivity index is 2.18. The lowest BCUT2D eigenvalue weighted by atomic mass is 9.82. The van der Waals surface area contributed by atoms with Crippen molar-refractivity contribution in [2.45, 2.75) is 17.2 Å². The van der Waals surface area contributed by atoms with Gasteiger partial charge in [0.15, 0.2) is 0 Å². The number of nitriles is 1. The molecule has 1 aliphatic heterocycles. The molecule has 0 aromatic heterocycles. The minimum Gasteiger partial charge on any atom is -0.497 e. The topological polar surface area (TPSA) is 102 Å². The number of thioether (sulfide) groups is 1. The van der Waals surface area contributed by atoms with E-state index in [1.807, 2.05) is 30.3 Å². The maximum absolute atomic E-state index is 12.0. The molecule has 0 bridgehead atoms. The number of nitro groups is 1. The first-order valence-electron chi connectivity index (χ1n) is 7.95. The van der Waals surface area contributed by atoms with Crippen molar-refractivity contribution >= 4 is 11.8 Å². The van der Waals surface area contributed by atoms with Crippen LogP contribution in [0, 0.1) is 21.4 Å². The van der Waals surface area contributed by atoms with Crippen LogP contribution >= 0.6 is 11.8 Å². The number of methoxy groups -OCH3 is 1. The Morgan fingerprint density at radius 2 is 1.88 bits per heavy atom. The van der Waals surface area contributed by atoms with Crippen LogP contribution in [0.1, 0.15) is 22.3 Å². The van der Waals surface area contributed by atoms with Gasteiger partial charge in [-0.3, -0.25) is 10.1 Å². The van der Waals surface area contributed by atoms with Crippen LogP contribution < -0.4 is 10.5 Å². The van der Waals surface area contributed by atoms with E-state index in [4.69, 9.17) is 10.5 Å². The van der Waals surface area contributed by atoms with E-state index < -0.39 is 17.2 Å². The molecule has 1 aliphatic rings. The standard InChI is InChI=1S/C19H17N3O3S/c1-25-14-9-5-8-13(10-14)16-15(11-20)19(21)26-18(17(16)22(23)24)12-6-3-2-4-7-12/h2-10,16-18H,21H2,1H3/t16-,17+,18-/m1/s1. The Kier molecular flexibility index (Phi) is 5.14. The van der Waals surface area contributed by atoms with Crippen molar-refractivity contribution in [2.24, 2.45) is 5.73 Å². The predicted octanol–water partition coefficient (Wildman–Crippen LogP) is 3.61. The molecule has 0 amide bonds. The summed E-state index contributed by atoms with van der Waals surface area (Å²) < 4.78 is 5.24. The Bertz CT molecular complexity index is 892. The third kappa shape index (κ3) is 3.24. The summed E-state index contributed by atoms with van der Waals surface area (Å²) in [6, 6.07) is 17.3. The van der Waals surface area contributed by atoms with Crippen molar-refractivity contribution in [2.75, 3.05) is 7.11 Å². The van der Waals surface area contributed by atoms with Crippen molar-refractivity contribution < 1.29 is 9.66 Å². The van der Waals surface area contributed by atoms with Crippen molar-refractivity contribution in [3.8, 4) is 11.8 Å². The third-order valence-electron chi connectivity index (χ3n) is 4.43. The second-order valence-corrected chi connectivity index (χ2v) is 7.05. The van der Waals surface area contributed by atoms with Gasteiger partial charge in [0.25, 0.3) is 0 Å². The van der Waals surface area contributed by atoms with Crippen molar-refractivity contribution in [3.05, 3.63) is 86.4 Å². The molecule has 2 aromatic rings. The van der Waals surface area contributed by atoms with Crippen molar-refractivity contribution in [1.82, 2.24) is 0 Å². The van der Waals surface area contributed by atoms with E-state index in [2.05, 4.69) is 6.07 Å². The largest absolute Gasteiger partial charge is 0.497 e. The van der Waals surface area contributed by atoms with Crippen LogP contribution in [0.4, 0.5) is 0 Å². The Morgan fingerprint density at radius 1 is 1.19 bits per heavy atom. The van der Waals surface area contributed by atoms with Gasteiger partial charge in [0.1, 0.15) is 11.0 Å². The molecular weight excluding hydrogens is 350 g/mol. The summed E-state index contributed by atoms with van der Waals surface area (Å²) in [4.78, 5) is 11.7. The first-order chi connectivity index (χ1) is 12.6. The smallest absolute Gasteiger partial charge is 0.240 e. The van der Waals surface area contributed by atoms with E-state index in [0.717, 1.165) is 5.56 Å². The van der Waals surface area contributed by atoms with Gasteiger partial charge in [-0.05, 0) is 23.3 Å². The van der Waals surface area contributed by atoms with Gasteiger partial charge in [-0.15, -0.1) is 0 Å². The fourth-order valence-electron chi connectivity index (χ4n) is 3.23. The Morgan fingerprint density at radius 3 is 2.50 bits per heavy atom. The van der Waals surface area contributed by atoms with E-state index in [1.165, 1.54) is 18.9 Å². The highest BCUT2D eigenvalue weighted by molar-refractivity contribution is 8.03. The molecule has 0 unspecified atom stereocenters. The molecule has 7 heteroatoms. The fourth-order valence-corrected chi connectivity index (χ4v) is 4.49. The van der Waals surface area contributed by atoms with Gasteiger partial charge < -0.3 is 10.5 Å². The Labute approximate surface area is 155 Å². The molecule has 0 spiro atoms. The fraction of sp³-hybridized carbons (Fsp3) is 0.211. The summed E-state index contributed by atoms with van der Waals surface area (Å²) in [6.45, 7) is 0. The van der Waals surface area contributed by atoms with Gasteiger partial charge in [0, 0.05) is 4.92 Å². The molecule has 2 N–H and O–H groups in total. The lowest BCUT2D eigenvalue weighted by molar-refractivity contribution is -0.525. The summed E-state index contributed by atoms with van der Waals surface area (Å²) >= 11 is 1.18. The predicted molar refractivity (Wildman–Crippen MR) is 100 cm³/mol. The van der Waals surface area contributed by atoms with Gasteiger partial charge >= 0.3 is 0 Å². The number of benzene rings is 2. The zero-order valence-electron chi connectivity index (χ0n) is 14.0.